The molecule has 8 heteroatoms. The number of nitrogens with zero attached hydrogens (tertiary/aromatic N) is 1. The number of para-hydroxylation sites is 1. The van der Waals surface area contributed by atoms with Crippen molar-refractivity contribution in [3.05, 3.63) is 90.2 Å². The van der Waals surface area contributed by atoms with E-state index in [2.05, 4.69) is 5.32 Å². The van der Waals surface area contributed by atoms with Crippen molar-refractivity contribution in [2.24, 2.45) is 0 Å². The largest absolute Gasteiger partial charge is 0.494 e. The van der Waals surface area contributed by atoms with E-state index in [-0.39, 0.29) is 17.1 Å². The predicted molar refractivity (Wildman–Crippen MR) is 117 cm³/mol. The maximum atomic E-state index is 13.4. The molecule has 0 unspecified atom stereocenters. The van der Waals surface area contributed by atoms with Gasteiger partial charge in [-0.3, -0.25) is 9.10 Å². The van der Waals surface area contributed by atoms with Crippen molar-refractivity contribution < 1.29 is 22.3 Å². The summed E-state index contributed by atoms with van der Waals surface area (Å²) in [6.45, 7) is 2.07. The molecule has 0 fully saturated rings. The Balaban J connectivity index is 1.82. The number of carbonyl (C=O) groups is 1. The summed E-state index contributed by atoms with van der Waals surface area (Å²) in [5.41, 5.74) is 0.965. The minimum Gasteiger partial charge on any atom is -0.494 e. The number of anilines is 1. The second kappa shape index (κ2) is 10.1. The second-order valence-electron chi connectivity index (χ2n) is 6.62. The lowest BCUT2D eigenvalue weighted by molar-refractivity contribution is -0.119. The van der Waals surface area contributed by atoms with E-state index < -0.39 is 28.3 Å². The van der Waals surface area contributed by atoms with E-state index in [0.717, 1.165) is 22.0 Å². The molecule has 0 radical (unpaired) electrons. The number of carbonyl (C=O) groups excluding carboxylic acids is 1. The topological polar surface area (TPSA) is 75.7 Å². The van der Waals surface area contributed by atoms with Crippen LogP contribution in [0.2, 0.25) is 0 Å². The maximum Gasteiger partial charge on any atom is 0.264 e. The van der Waals surface area contributed by atoms with Crippen LogP contribution in [0, 0.1) is 5.82 Å². The molecule has 31 heavy (non-hydrogen) atoms. The molecule has 6 nitrogen and oxygen atoms in total. The molecule has 3 aromatic carbocycles. The minimum atomic E-state index is -4.04. The second-order valence-corrected chi connectivity index (χ2v) is 8.48. The Morgan fingerprint density at radius 2 is 1.61 bits per heavy atom. The number of hydrogen-bond acceptors (Lipinski definition) is 4. The zero-order valence-electron chi connectivity index (χ0n) is 17.0. The maximum absolute atomic E-state index is 13.4. The van der Waals surface area contributed by atoms with Crippen molar-refractivity contribution in [2.75, 3.05) is 17.5 Å². The van der Waals surface area contributed by atoms with Gasteiger partial charge in [0, 0.05) is 12.1 Å². The minimum absolute atomic E-state index is 0.0359. The van der Waals surface area contributed by atoms with Crippen molar-refractivity contribution in [1.29, 1.82) is 0 Å². The predicted octanol–water partition coefficient (Wildman–Crippen LogP) is 3.74. The van der Waals surface area contributed by atoms with Gasteiger partial charge in [-0.05, 0) is 49.4 Å². The van der Waals surface area contributed by atoms with Crippen LogP contribution in [-0.4, -0.2) is 27.5 Å². The first-order valence-electron chi connectivity index (χ1n) is 9.72. The Bertz CT molecular complexity index is 1120. The van der Waals surface area contributed by atoms with Crippen LogP contribution in [0.3, 0.4) is 0 Å². The summed E-state index contributed by atoms with van der Waals surface area (Å²) in [7, 11) is -4.04. The van der Waals surface area contributed by atoms with E-state index in [1.54, 1.807) is 24.3 Å². The van der Waals surface area contributed by atoms with Crippen molar-refractivity contribution in [2.45, 2.75) is 18.4 Å². The lowest BCUT2D eigenvalue weighted by atomic mass is 10.2. The summed E-state index contributed by atoms with van der Waals surface area (Å²) in [6.07, 6.45) is 0. The van der Waals surface area contributed by atoms with Crippen LogP contribution in [0.15, 0.2) is 83.8 Å². The normalized spacial score (nSPS) is 11.0. The highest BCUT2D eigenvalue weighted by Gasteiger charge is 2.27. The highest BCUT2D eigenvalue weighted by atomic mass is 32.2. The summed E-state index contributed by atoms with van der Waals surface area (Å²) in [4.78, 5) is 12.7. The molecule has 3 rings (SSSR count). The zero-order valence-corrected chi connectivity index (χ0v) is 17.8. The van der Waals surface area contributed by atoms with E-state index in [4.69, 9.17) is 4.74 Å². The molecule has 0 aliphatic heterocycles. The average molecular weight is 443 g/mol. The molecular formula is C23H23FN2O4S. The molecule has 0 saturated heterocycles. The van der Waals surface area contributed by atoms with Crippen molar-refractivity contribution in [3.8, 4) is 5.75 Å². The van der Waals surface area contributed by atoms with Crippen LogP contribution in [-0.2, 0) is 21.4 Å². The van der Waals surface area contributed by atoms with Crippen molar-refractivity contribution in [3.63, 3.8) is 0 Å². The Hall–Kier alpha value is -3.39. The fourth-order valence-electron chi connectivity index (χ4n) is 2.97. The monoisotopic (exact) mass is 442 g/mol. The summed E-state index contributed by atoms with van der Waals surface area (Å²) < 4.78 is 46.3. The third-order valence-corrected chi connectivity index (χ3v) is 6.27. The van der Waals surface area contributed by atoms with Gasteiger partial charge < -0.3 is 10.1 Å². The molecule has 1 N–H and O–H groups in total. The van der Waals surface area contributed by atoms with Gasteiger partial charge in [0.1, 0.15) is 18.1 Å². The van der Waals surface area contributed by atoms with Gasteiger partial charge in [0.05, 0.1) is 17.2 Å². The average Bonchev–Trinajstić information content (AvgIpc) is 2.78. The Labute approximate surface area is 181 Å². The van der Waals surface area contributed by atoms with Crippen LogP contribution < -0.4 is 14.4 Å². The van der Waals surface area contributed by atoms with Gasteiger partial charge in [0.15, 0.2) is 0 Å². The molecule has 0 aliphatic carbocycles. The van der Waals surface area contributed by atoms with Gasteiger partial charge in [-0.1, -0.05) is 36.4 Å². The molecule has 0 heterocycles. The van der Waals surface area contributed by atoms with Crippen LogP contribution in [0.5, 0.6) is 5.75 Å². The highest BCUT2D eigenvalue weighted by Crippen LogP contribution is 2.24. The van der Waals surface area contributed by atoms with Crippen LogP contribution in [0.25, 0.3) is 0 Å². The van der Waals surface area contributed by atoms with Gasteiger partial charge in [0.25, 0.3) is 10.0 Å². The third kappa shape index (κ3) is 5.61. The first kappa shape index (κ1) is 22.3. The van der Waals surface area contributed by atoms with Gasteiger partial charge in [-0.25, -0.2) is 12.8 Å². The summed E-state index contributed by atoms with van der Waals surface area (Å²) >= 11 is 0. The Kier molecular flexibility index (Phi) is 7.25. The summed E-state index contributed by atoms with van der Waals surface area (Å²) in [5.74, 6) is -0.356. The number of benzene rings is 3. The molecule has 0 aromatic heterocycles. The number of halogens is 1. The van der Waals surface area contributed by atoms with E-state index in [1.807, 2.05) is 25.1 Å². The number of ether oxygens (including phenoxy) is 1. The standard InChI is InChI=1S/C23H23FN2O4S/c1-2-30-22-11-7-6-8-18(22)16-25-23(27)17-26(20-14-12-19(24)13-15-20)31(28,29)21-9-4-3-5-10-21/h3-15H,2,16-17H2,1H3,(H,25,27). The molecular weight excluding hydrogens is 419 g/mol. The molecule has 162 valence electrons. The SMILES string of the molecule is CCOc1ccccc1CNC(=O)CN(c1ccc(F)cc1)S(=O)(=O)c1ccccc1. The quantitative estimate of drug-likeness (QED) is 0.548. The van der Waals surface area contributed by atoms with Gasteiger partial charge in [-0.15, -0.1) is 0 Å². The summed E-state index contributed by atoms with van der Waals surface area (Å²) in [6, 6.07) is 20.0. The molecule has 0 aliphatic rings. The molecule has 1 amide bonds. The number of hydrogen-bond donors (Lipinski definition) is 1. The first-order valence-corrected chi connectivity index (χ1v) is 11.2. The van der Waals surface area contributed by atoms with Crippen LogP contribution in [0.1, 0.15) is 12.5 Å². The number of rotatable bonds is 9. The van der Waals surface area contributed by atoms with Crippen LogP contribution >= 0.6 is 0 Å². The van der Waals surface area contributed by atoms with Crippen molar-refractivity contribution >= 4 is 21.6 Å². The molecule has 0 atom stereocenters. The first-order chi connectivity index (χ1) is 14.9. The lowest BCUT2D eigenvalue weighted by Crippen LogP contribution is -2.40. The zero-order chi connectivity index (χ0) is 22.3. The smallest absolute Gasteiger partial charge is 0.264 e. The van der Waals surface area contributed by atoms with Crippen LogP contribution in [0.4, 0.5) is 10.1 Å². The highest BCUT2D eigenvalue weighted by molar-refractivity contribution is 7.92. The summed E-state index contributed by atoms with van der Waals surface area (Å²) in [5, 5.41) is 2.73. The fraction of sp³-hybridized carbons (Fsp3) is 0.174. The molecule has 0 saturated carbocycles. The van der Waals surface area contributed by atoms with Gasteiger partial charge in [-0.2, -0.15) is 0 Å². The number of sulfonamides is 1. The van der Waals surface area contributed by atoms with Gasteiger partial charge in [0.2, 0.25) is 5.91 Å². The third-order valence-electron chi connectivity index (χ3n) is 4.48. The van der Waals surface area contributed by atoms with Gasteiger partial charge >= 0.3 is 0 Å². The number of nitrogens with one attached hydrogen (secondary N) is 1. The number of amides is 1. The fourth-order valence-corrected chi connectivity index (χ4v) is 4.41. The Morgan fingerprint density at radius 1 is 0.968 bits per heavy atom. The Morgan fingerprint density at radius 3 is 2.29 bits per heavy atom. The molecule has 3 aromatic rings. The lowest BCUT2D eigenvalue weighted by Gasteiger charge is -2.24. The van der Waals surface area contributed by atoms with E-state index >= 15 is 0 Å². The van der Waals surface area contributed by atoms with E-state index in [0.29, 0.717) is 12.4 Å². The van der Waals surface area contributed by atoms with Crippen molar-refractivity contribution in [1.82, 2.24) is 5.32 Å². The van der Waals surface area contributed by atoms with E-state index in [1.165, 1.54) is 24.3 Å². The molecule has 0 spiro atoms. The molecule has 0 bridgehead atoms. The van der Waals surface area contributed by atoms with E-state index in [9.17, 15) is 17.6 Å².